The predicted octanol–water partition coefficient (Wildman–Crippen LogP) is 0.431. The van der Waals surface area contributed by atoms with Gasteiger partial charge in [-0.1, -0.05) is 0 Å². The Morgan fingerprint density at radius 2 is 1.76 bits per heavy atom. The van der Waals surface area contributed by atoms with Gasteiger partial charge in [0.25, 0.3) is 5.91 Å². The van der Waals surface area contributed by atoms with Crippen LogP contribution >= 0.6 is 0 Å². The number of phenols is 1. The Bertz CT molecular complexity index is 1460. The third-order valence-electron chi connectivity index (χ3n) is 10.0. The van der Waals surface area contributed by atoms with Crippen LogP contribution in [0.2, 0.25) is 0 Å². The number of benzene rings is 1. The van der Waals surface area contributed by atoms with Gasteiger partial charge in [-0.2, -0.15) is 0 Å². The summed E-state index contributed by atoms with van der Waals surface area (Å²) < 4.78 is 17.6. The smallest absolute Gasteiger partial charge is 0.410 e. The SMILES string of the molecule is CC(=O)N[C@H]1[C@H]([C@H](O)[C@H](O)CNC(=O)c2cc(C)c(O)c(C)c2)O[C@@](CCN2CCOC[C@@]23CCN(C(=O)OC(C)(C)C)C3)(C(=O)O)C[C@@]1(C)O. The van der Waals surface area contributed by atoms with Crippen LogP contribution in [-0.2, 0) is 23.8 Å². The number of likely N-dealkylation sites (tertiary alicyclic amines) is 1. The van der Waals surface area contributed by atoms with Crippen molar-refractivity contribution in [2.75, 3.05) is 45.9 Å². The highest BCUT2D eigenvalue weighted by Gasteiger charge is 2.59. The van der Waals surface area contributed by atoms with Gasteiger partial charge in [-0.25, -0.2) is 9.59 Å². The molecule has 51 heavy (non-hydrogen) atoms. The topological polar surface area (TPSA) is 228 Å². The number of aryl methyl sites for hydroxylation is 2. The first-order valence-corrected chi connectivity index (χ1v) is 17.3. The molecule has 7 N–H and O–H groups in total. The van der Waals surface area contributed by atoms with Crippen LogP contribution < -0.4 is 10.6 Å². The molecule has 286 valence electrons. The summed E-state index contributed by atoms with van der Waals surface area (Å²) in [6, 6.07) is 1.60. The van der Waals surface area contributed by atoms with Gasteiger partial charge in [-0.05, 0) is 71.2 Å². The zero-order chi connectivity index (χ0) is 38.1. The van der Waals surface area contributed by atoms with Crippen LogP contribution in [0.1, 0.15) is 75.4 Å². The summed E-state index contributed by atoms with van der Waals surface area (Å²) in [5, 5.41) is 60.0. The van der Waals surface area contributed by atoms with Crippen LogP contribution in [-0.4, -0.2) is 152 Å². The lowest BCUT2D eigenvalue weighted by Gasteiger charge is -2.52. The standard InChI is InChI=1S/C35H54N4O12/c1-20-14-23(15-21(2)25(20)42)29(44)36-16-24(41)26(43)27-28(37-22(3)40)33(7,48)17-35(50-27,30(45)46)9-11-39-12-13-49-19-34(39)8-10-38(18-34)31(47)51-32(4,5)6/h14-15,24,26-28,41-43,48H,8-13,16-19H2,1-7H3,(H,36,44)(H,37,40)(H,45,46)/t24-,26-,27+,28+,33-,34+,35-/m1/s1. The predicted molar refractivity (Wildman–Crippen MR) is 182 cm³/mol. The molecular formula is C35H54N4O12. The van der Waals surface area contributed by atoms with E-state index in [1.165, 1.54) is 26.0 Å². The van der Waals surface area contributed by atoms with Gasteiger partial charge in [0.15, 0.2) is 5.60 Å². The van der Waals surface area contributed by atoms with Gasteiger partial charge in [-0.3, -0.25) is 14.5 Å². The van der Waals surface area contributed by atoms with Crippen LogP contribution in [0.15, 0.2) is 12.1 Å². The number of carbonyl (C=O) groups excluding carboxylic acids is 3. The largest absolute Gasteiger partial charge is 0.507 e. The number of hydrogen-bond donors (Lipinski definition) is 7. The van der Waals surface area contributed by atoms with Gasteiger partial charge >= 0.3 is 12.1 Å². The van der Waals surface area contributed by atoms with Gasteiger partial charge in [0, 0.05) is 58.1 Å². The summed E-state index contributed by atoms with van der Waals surface area (Å²) in [5.41, 5.74) is -4.15. The second-order valence-electron chi connectivity index (χ2n) is 15.5. The number of carbonyl (C=O) groups is 4. The lowest BCUT2D eigenvalue weighted by Crippen LogP contribution is -2.72. The normalized spacial score (nSPS) is 29.7. The highest BCUT2D eigenvalue weighted by atomic mass is 16.6. The summed E-state index contributed by atoms with van der Waals surface area (Å²) in [7, 11) is 0. The number of aliphatic hydroxyl groups is 3. The number of rotatable bonds is 10. The Labute approximate surface area is 298 Å². The molecule has 16 nitrogen and oxygen atoms in total. The monoisotopic (exact) mass is 722 g/mol. The van der Waals surface area contributed by atoms with Crippen molar-refractivity contribution in [1.82, 2.24) is 20.4 Å². The third kappa shape index (κ3) is 9.10. The average Bonchev–Trinajstić information content (AvgIpc) is 3.45. The first-order chi connectivity index (χ1) is 23.6. The van der Waals surface area contributed by atoms with Gasteiger partial charge < -0.3 is 55.3 Å². The van der Waals surface area contributed by atoms with E-state index in [4.69, 9.17) is 14.2 Å². The second-order valence-corrected chi connectivity index (χ2v) is 15.5. The number of nitrogens with zero attached hydrogens (tertiary/aromatic N) is 2. The number of phenolic OH excluding ortho intramolecular Hbond substituents is 1. The maximum absolute atomic E-state index is 13.1. The Morgan fingerprint density at radius 1 is 1.12 bits per heavy atom. The highest BCUT2D eigenvalue weighted by molar-refractivity contribution is 5.95. The maximum Gasteiger partial charge on any atom is 0.410 e. The summed E-state index contributed by atoms with van der Waals surface area (Å²) in [5.74, 6) is -2.55. The number of nitrogens with one attached hydrogen (secondary N) is 2. The van der Waals surface area contributed by atoms with E-state index in [1.807, 2.05) is 0 Å². The summed E-state index contributed by atoms with van der Waals surface area (Å²) in [4.78, 5) is 54.8. The fourth-order valence-electron chi connectivity index (χ4n) is 7.39. The number of aliphatic carboxylic acids is 1. The molecule has 1 aromatic carbocycles. The van der Waals surface area contributed by atoms with E-state index in [2.05, 4.69) is 15.5 Å². The van der Waals surface area contributed by atoms with Crippen LogP contribution in [0.5, 0.6) is 5.75 Å². The van der Waals surface area contributed by atoms with Crippen molar-refractivity contribution < 1.29 is 58.9 Å². The molecule has 7 atom stereocenters. The molecule has 1 spiro atoms. The first-order valence-electron chi connectivity index (χ1n) is 17.3. The highest BCUT2D eigenvalue weighted by Crippen LogP contribution is 2.41. The molecule has 3 aliphatic rings. The van der Waals surface area contributed by atoms with E-state index < -0.39 is 83.5 Å². The molecular weight excluding hydrogens is 668 g/mol. The van der Waals surface area contributed by atoms with Crippen molar-refractivity contribution >= 4 is 23.9 Å². The quantitative estimate of drug-likeness (QED) is 0.174. The van der Waals surface area contributed by atoms with E-state index in [-0.39, 0.29) is 24.3 Å². The van der Waals surface area contributed by atoms with Gasteiger partial charge in [0.2, 0.25) is 5.91 Å². The number of carboxylic acid groups (broad SMARTS) is 1. The van der Waals surface area contributed by atoms with E-state index >= 15 is 0 Å². The van der Waals surface area contributed by atoms with E-state index in [0.717, 1.165) is 0 Å². The Balaban J connectivity index is 1.54. The minimum absolute atomic E-state index is 0.0456. The summed E-state index contributed by atoms with van der Waals surface area (Å²) >= 11 is 0. The molecule has 0 radical (unpaired) electrons. The number of aromatic hydroxyl groups is 1. The Hall–Kier alpha value is -3.54. The second kappa shape index (κ2) is 15.2. The molecule has 0 bridgehead atoms. The van der Waals surface area contributed by atoms with Crippen LogP contribution in [0.3, 0.4) is 0 Å². The van der Waals surface area contributed by atoms with E-state index in [9.17, 15) is 44.7 Å². The van der Waals surface area contributed by atoms with Crippen molar-refractivity contribution in [3.8, 4) is 5.75 Å². The molecule has 3 fully saturated rings. The Morgan fingerprint density at radius 3 is 2.35 bits per heavy atom. The van der Waals surface area contributed by atoms with Crippen molar-refractivity contribution in [3.63, 3.8) is 0 Å². The van der Waals surface area contributed by atoms with Crippen molar-refractivity contribution in [2.45, 2.75) is 114 Å². The van der Waals surface area contributed by atoms with E-state index in [1.54, 1.807) is 39.5 Å². The van der Waals surface area contributed by atoms with Crippen molar-refractivity contribution in [3.05, 3.63) is 28.8 Å². The number of amides is 3. The molecule has 0 saturated carbocycles. The fourth-order valence-corrected chi connectivity index (χ4v) is 7.39. The maximum atomic E-state index is 13.1. The minimum atomic E-state index is -2.07. The molecule has 3 aliphatic heterocycles. The molecule has 3 amide bonds. The summed E-state index contributed by atoms with van der Waals surface area (Å²) in [6.07, 6.45) is -5.73. The number of ether oxygens (including phenoxy) is 3. The zero-order valence-corrected chi connectivity index (χ0v) is 30.5. The van der Waals surface area contributed by atoms with Gasteiger partial charge in [-0.15, -0.1) is 0 Å². The van der Waals surface area contributed by atoms with Crippen LogP contribution in [0.4, 0.5) is 4.79 Å². The summed E-state index contributed by atoms with van der Waals surface area (Å²) in [6.45, 7) is 12.6. The van der Waals surface area contributed by atoms with Crippen molar-refractivity contribution in [2.24, 2.45) is 0 Å². The molecule has 1 aromatic rings. The Kier molecular flexibility index (Phi) is 12.0. The van der Waals surface area contributed by atoms with Gasteiger partial charge in [0.05, 0.1) is 36.5 Å². The lowest BCUT2D eigenvalue weighted by molar-refractivity contribution is -0.249. The third-order valence-corrected chi connectivity index (χ3v) is 10.0. The van der Waals surface area contributed by atoms with Crippen molar-refractivity contribution in [1.29, 1.82) is 0 Å². The van der Waals surface area contributed by atoms with Crippen LogP contribution in [0.25, 0.3) is 0 Å². The molecule has 16 heteroatoms. The first kappa shape index (κ1) is 40.2. The minimum Gasteiger partial charge on any atom is -0.507 e. The average molecular weight is 723 g/mol. The number of hydrogen-bond acceptors (Lipinski definition) is 12. The fraction of sp³-hybridized carbons (Fsp3) is 0.714. The van der Waals surface area contributed by atoms with E-state index in [0.29, 0.717) is 50.4 Å². The molecule has 4 rings (SSSR count). The lowest BCUT2D eigenvalue weighted by atomic mass is 9.74. The number of carboxylic acids is 1. The molecule has 0 aliphatic carbocycles. The molecule has 3 heterocycles. The molecule has 3 saturated heterocycles. The number of aliphatic hydroxyl groups excluding tert-OH is 2. The molecule has 0 aromatic heterocycles. The zero-order valence-electron chi connectivity index (χ0n) is 30.5. The van der Waals surface area contributed by atoms with Crippen LogP contribution in [0, 0.1) is 13.8 Å². The van der Waals surface area contributed by atoms with Gasteiger partial charge in [0.1, 0.15) is 23.6 Å². The number of morpholine rings is 1. The molecule has 0 unspecified atom stereocenters.